The Morgan fingerprint density at radius 3 is 1.58 bits per heavy atom. The molecule has 0 N–H and O–H groups in total. The molecular weight excluding hydrogens is 807 g/mol. The van der Waals surface area contributed by atoms with E-state index in [4.69, 9.17) is 0 Å². The van der Waals surface area contributed by atoms with Crippen LogP contribution in [0.2, 0.25) is 0 Å². The molecule has 312 valence electrons. The van der Waals surface area contributed by atoms with Crippen LogP contribution in [0.5, 0.6) is 0 Å². The second-order valence-electron chi connectivity index (χ2n) is 18.3. The largest absolute Gasteiger partial charge is 0.309 e. The molecule has 2 unspecified atom stereocenters. The normalized spacial score (nSPS) is 14.9. The van der Waals surface area contributed by atoms with Crippen LogP contribution in [0.3, 0.4) is 0 Å². The lowest BCUT2D eigenvalue weighted by atomic mass is 9.70. The molecule has 0 saturated heterocycles. The van der Waals surface area contributed by atoms with Crippen LogP contribution in [0, 0.1) is 0 Å². The van der Waals surface area contributed by atoms with Crippen LogP contribution in [-0.2, 0) is 5.41 Å². The Balaban J connectivity index is 0.929. The van der Waals surface area contributed by atoms with Crippen LogP contribution >= 0.6 is 0 Å². The summed E-state index contributed by atoms with van der Waals surface area (Å²) in [5, 5.41) is 5.12. The van der Waals surface area contributed by atoms with Crippen LogP contribution in [0.4, 0.5) is 0 Å². The topological polar surface area (TPSA) is 4.93 Å². The summed E-state index contributed by atoms with van der Waals surface area (Å²) in [4.78, 5) is 0. The number of para-hydroxylation sites is 2. The molecule has 2 aliphatic rings. The van der Waals surface area contributed by atoms with Gasteiger partial charge in [-0.05, 0) is 125 Å². The average molecular weight is 850 g/mol. The summed E-state index contributed by atoms with van der Waals surface area (Å²) in [6, 6.07) is 95.1. The summed E-state index contributed by atoms with van der Waals surface area (Å²) in [5.74, 6) is 0.00284. The van der Waals surface area contributed by atoms with E-state index in [9.17, 15) is 0 Å². The van der Waals surface area contributed by atoms with Crippen molar-refractivity contribution < 1.29 is 0 Å². The predicted molar refractivity (Wildman–Crippen MR) is 279 cm³/mol. The number of hydrogen-bond acceptors (Lipinski definition) is 0. The van der Waals surface area contributed by atoms with Crippen molar-refractivity contribution in [1.29, 1.82) is 0 Å². The molecule has 1 heterocycles. The Kier molecular flexibility index (Phi) is 8.33. The molecule has 0 aliphatic heterocycles. The van der Waals surface area contributed by atoms with Crippen molar-refractivity contribution in [2.24, 2.45) is 0 Å². The first-order valence-electron chi connectivity index (χ1n) is 23.4. The second kappa shape index (κ2) is 14.8. The number of hydrogen-bond donors (Lipinski definition) is 0. The minimum Gasteiger partial charge on any atom is -0.309 e. The molecule has 0 saturated carbocycles. The van der Waals surface area contributed by atoms with Crippen LogP contribution in [0.15, 0.2) is 255 Å². The highest BCUT2D eigenvalue weighted by Crippen LogP contribution is 2.64. The van der Waals surface area contributed by atoms with Crippen LogP contribution in [0.1, 0.15) is 44.9 Å². The molecule has 2 atom stereocenters. The summed E-state index contributed by atoms with van der Waals surface area (Å²) < 4.78 is 2.40. The van der Waals surface area contributed by atoms with Gasteiger partial charge in [0.2, 0.25) is 0 Å². The van der Waals surface area contributed by atoms with Gasteiger partial charge in [-0.2, -0.15) is 0 Å². The molecule has 1 nitrogen and oxygen atoms in total. The fraction of sp³-hybridized carbons (Fsp3) is 0.0303. The summed E-state index contributed by atoms with van der Waals surface area (Å²) in [7, 11) is 0. The van der Waals surface area contributed by atoms with E-state index in [1.165, 1.54) is 122 Å². The first-order chi connectivity index (χ1) is 33.2. The zero-order valence-electron chi connectivity index (χ0n) is 36.8. The van der Waals surface area contributed by atoms with Gasteiger partial charge in [0, 0.05) is 22.4 Å². The molecule has 12 aromatic rings. The molecule has 14 rings (SSSR count). The van der Waals surface area contributed by atoms with Gasteiger partial charge in [-0.15, -0.1) is 0 Å². The lowest BCUT2D eigenvalue weighted by Crippen LogP contribution is -2.25. The van der Waals surface area contributed by atoms with Gasteiger partial charge in [-0.25, -0.2) is 0 Å². The van der Waals surface area contributed by atoms with Crippen LogP contribution in [-0.4, -0.2) is 4.57 Å². The number of aromatic nitrogens is 1. The Bertz CT molecular complexity index is 3900. The summed E-state index contributed by atoms with van der Waals surface area (Å²) in [5.41, 5.74) is 22.6. The molecule has 0 radical (unpaired) electrons. The molecular formula is C66H43N. The molecule has 1 aromatic heterocycles. The van der Waals surface area contributed by atoms with E-state index >= 15 is 0 Å². The average Bonchev–Trinajstić information content (AvgIpc) is 4.01. The Hall–Kier alpha value is -8.52. The van der Waals surface area contributed by atoms with E-state index in [1.807, 2.05) is 0 Å². The van der Waals surface area contributed by atoms with Crippen molar-refractivity contribution in [3.8, 4) is 50.2 Å². The number of fused-ring (bicyclic) bond motifs is 15. The van der Waals surface area contributed by atoms with Crippen molar-refractivity contribution in [1.82, 2.24) is 4.57 Å². The maximum atomic E-state index is 2.52. The van der Waals surface area contributed by atoms with Gasteiger partial charge in [0.15, 0.2) is 0 Å². The minimum atomic E-state index is -0.414. The van der Waals surface area contributed by atoms with E-state index in [0.29, 0.717) is 0 Å². The van der Waals surface area contributed by atoms with E-state index in [1.54, 1.807) is 0 Å². The van der Waals surface area contributed by atoms with E-state index in [0.717, 1.165) is 0 Å². The summed E-state index contributed by atoms with van der Waals surface area (Å²) >= 11 is 0. The Labute approximate surface area is 390 Å². The number of benzene rings is 11. The van der Waals surface area contributed by atoms with Crippen LogP contribution < -0.4 is 0 Å². The summed E-state index contributed by atoms with van der Waals surface area (Å²) in [6.45, 7) is 0. The molecule has 11 aromatic carbocycles. The zero-order valence-corrected chi connectivity index (χ0v) is 36.8. The van der Waals surface area contributed by atoms with Gasteiger partial charge in [-0.1, -0.05) is 224 Å². The minimum absolute atomic E-state index is 0.00284. The lowest BCUT2D eigenvalue weighted by Gasteiger charge is -2.31. The van der Waals surface area contributed by atoms with Crippen molar-refractivity contribution in [3.63, 3.8) is 0 Å². The third-order valence-corrected chi connectivity index (χ3v) is 15.0. The molecule has 67 heavy (non-hydrogen) atoms. The zero-order chi connectivity index (χ0) is 44.1. The maximum absolute atomic E-state index is 2.52. The molecule has 0 amide bonds. The van der Waals surface area contributed by atoms with E-state index in [-0.39, 0.29) is 5.92 Å². The van der Waals surface area contributed by atoms with Gasteiger partial charge in [0.25, 0.3) is 0 Å². The van der Waals surface area contributed by atoms with Gasteiger partial charge < -0.3 is 4.57 Å². The SMILES string of the molecule is c1ccc(-c2ccc(C(c3ccc(-c4ccc5c6ccccc6n(-c6ccccc6)c5c4)cc3)c3ccc4c(c3)-c3ccccc3C43c4ccccc4-c4c3ccc3ccccc43)cc2)cc1. The van der Waals surface area contributed by atoms with Crippen molar-refractivity contribution in [2.45, 2.75) is 11.3 Å². The van der Waals surface area contributed by atoms with Crippen LogP contribution in [0.25, 0.3) is 82.8 Å². The molecule has 0 bridgehead atoms. The van der Waals surface area contributed by atoms with Crippen molar-refractivity contribution >= 4 is 32.6 Å². The van der Waals surface area contributed by atoms with Crippen molar-refractivity contribution in [3.05, 3.63) is 294 Å². The Morgan fingerprint density at radius 2 is 0.821 bits per heavy atom. The Morgan fingerprint density at radius 1 is 0.299 bits per heavy atom. The van der Waals surface area contributed by atoms with Gasteiger partial charge >= 0.3 is 0 Å². The number of rotatable bonds is 6. The van der Waals surface area contributed by atoms with E-state index in [2.05, 4.69) is 259 Å². The highest BCUT2D eigenvalue weighted by atomic mass is 15.0. The lowest BCUT2D eigenvalue weighted by molar-refractivity contribution is 0.793. The first-order valence-corrected chi connectivity index (χ1v) is 23.4. The van der Waals surface area contributed by atoms with Crippen molar-refractivity contribution in [2.75, 3.05) is 0 Å². The third kappa shape index (κ3) is 5.55. The van der Waals surface area contributed by atoms with Gasteiger partial charge in [0.05, 0.1) is 16.4 Å². The molecule has 0 fully saturated rings. The number of nitrogens with zero attached hydrogens (tertiary/aromatic N) is 1. The monoisotopic (exact) mass is 849 g/mol. The maximum Gasteiger partial charge on any atom is 0.0725 e. The predicted octanol–water partition coefficient (Wildman–Crippen LogP) is 16.8. The first kappa shape index (κ1) is 37.8. The summed E-state index contributed by atoms with van der Waals surface area (Å²) in [6.07, 6.45) is 0. The fourth-order valence-electron chi connectivity index (χ4n) is 12.1. The van der Waals surface area contributed by atoms with Gasteiger partial charge in [0.1, 0.15) is 0 Å². The molecule has 2 aliphatic carbocycles. The molecule has 1 heteroatoms. The fourth-order valence-corrected chi connectivity index (χ4v) is 12.1. The highest BCUT2D eigenvalue weighted by Gasteiger charge is 2.52. The van der Waals surface area contributed by atoms with E-state index < -0.39 is 5.41 Å². The highest BCUT2D eigenvalue weighted by molar-refractivity contribution is 6.10. The quantitative estimate of drug-likeness (QED) is 0.147. The third-order valence-electron chi connectivity index (χ3n) is 15.0. The smallest absolute Gasteiger partial charge is 0.0725 e. The standard InChI is InChI=1S/C66H43N/c1-3-15-43(16-4-1)44-27-31-47(32-28-44)64(48-33-29-45(30-34-48)49-35-38-55-54-22-11-14-26-62(54)67(63(55)42-49)51-18-5-2-6-19-51)50-37-39-60-57(41-50)53-21-9-12-24-58(53)66(60)59-25-13-10-23-56(59)65-52-20-8-7-17-46(52)36-40-61(65)66/h1-42,64H. The molecule has 1 spiro atoms. The van der Waals surface area contributed by atoms with Gasteiger partial charge in [-0.3, -0.25) is 0 Å². The second-order valence-corrected chi connectivity index (χ2v) is 18.3.